The number of thioether (sulfide) groups is 1. The number of primary amides is 1. The Balaban J connectivity index is 1.50. The van der Waals surface area contributed by atoms with Gasteiger partial charge in [-0.15, -0.1) is 11.8 Å². The number of rotatable bonds is 9. The average Bonchev–Trinajstić information content (AvgIpc) is 3.85. The number of para-hydroxylation sites is 1. The molecule has 18 heteroatoms. The van der Waals surface area contributed by atoms with Crippen LogP contribution in [0.1, 0.15) is 83.1 Å². The Hall–Kier alpha value is -5.13. The van der Waals surface area contributed by atoms with Crippen LogP contribution in [0, 0.1) is 11.8 Å². The first-order chi connectivity index (χ1) is 27.8. The number of aliphatic imine (C=N–C) groups is 1. The van der Waals surface area contributed by atoms with E-state index in [-0.39, 0.29) is 61.4 Å². The fourth-order valence-corrected chi connectivity index (χ4v) is 9.07. The highest BCUT2D eigenvalue weighted by atomic mass is 32.2. The molecule has 58 heavy (non-hydrogen) atoms. The summed E-state index contributed by atoms with van der Waals surface area (Å²) in [6.45, 7) is 2.01. The summed E-state index contributed by atoms with van der Waals surface area (Å²) in [6, 6.07) is 2.49. The summed E-state index contributed by atoms with van der Waals surface area (Å²) in [7, 11) is 0. The second-order valence-corrected chi connectivity index (χ2v) is 16.7. The molecular weight excluding hydrogens is 765 g/mol. The zero-order valence-electron chi connectivity index (χ0n) is 33.1. The lowest BCUT2D eigenvalue weighted by Crippen LogP contribution is -2.55. The molecule has 0 bridgehead atoms. The summed E-state index contributed by atoms with van der Waals surface area (Å²) in [5.41, 5.74) is 18.3. The van der Waals surface area contributed by atoms with E-state index >= 15 is 0 Å². The lowest BCUT2D eigenvalue weighted by molar-refractivity contribution is -0.141. The summed E-state index contributed by atoms with van der Waals surface area (Å²) < 4.78 is 0. The number of aromatic nitrogens is 1. The molecule has 3 aliphatic rings. The number of guanidine groups is 1. The van der Waals surface area contributed by atoms with Crippen LogP contribution < -0.4 is 38.5 Å². The first kappa shape index (κ1) is 44.0. The number of carbonyl (C=O) groups is 7. The number of benzene rings is 1. The van der Waals surface area contributed by atoms with Crippen LogP contribution in [0.15, 0.2) is 35.5 Å². The Morgan fingerprint density at radius 1 is 0.879 bits per heavy atom. The molecule has 17 nitrogen and oxygen atoms in total. The van der Waals surface area contributed by atoms with Crippen molar-refractivity contribution in [2.24, 2.45) is 34.0 Å². The van der Waals surface area contributed by atoms with Gasteiger partial charge in [0.1, 0.15) is 24.2 Å². The van der Waals surface area contributed by atoms with Gasteiger partial charge in [0.2, 0.25) is 35.4 Å². The largest absolute Gasteiger partial charge is 0.370 e. The second kappa shape index (κ2) is 21.0. The molecule has 2 aliphatic heterocycles. The minimum Gasteiger partial charge on any atom is -0.370 e. The van der Waals surface area contributed by atoms with E-state index in [9.17, 15) is 33.6 Å². The van der Waals surface area contributed by atoms with Crippen molar-refractivity contribution < 1.29 is 33.6 Å². The lowest BCUT2D eigenvalue weighted by atomic mass is 9.82. The number of nitrogens with zero attached hydrogens (tertiary/aromatic N) is 2. The van der Waals surface area contributed by atoms with Gasteiger partial charge in [-0.25, -0.2) is 0 Å². The van der Waals surface area contributed by atoms with Gasteiger partial charge in [-0.1, -0.05) is 50.3 Å². The zero-order chi connectivity index (χ0) is 41.8. The first-order valence-corrected chi connectivity index (χ1v) is 21.5. The maximum Gasteiger partial charge on any atom is 0.245 e. The third kappa shape index (κ3) is 12.2. The van der Waals surface area contributed by atoms with Gasteiger partial charge in [-0.05, 0) is 63.0 Å². The molecule has 1 aliphatic carbocycles. The molecule has 11 N–H and O–H groups in total. The van der Waals surface area contributed by atoms with E-state index in [1.807, 2.05) is 24.3 Å². The van der Waals surface area contributed by atoms with Gasteiger partial charge in [0.25, 0.3) is 0 Å². The summed E-state index contributed by atoms with van der Waals surface area (Å²) >= 11 is 1.03. The molecule has 6 atom stereocenters. The number of nitrogens with two attached hydrogens (primary N) is 3. The van der Waals surface area contributed by atoms with E-state index in [0.29, 0.717) is 25.8 Å². The van der Waals surface area contributed by atoms with Gasteiger partial charge in [0.05, 0.1) is 11.8 Å². The van der Waals surface area contributed by atoms with Crippen LogP contribution >= 0.6 is 11.8 Å². The fraction of sp³-hybridized carbons (Fsp3) is 0.600. The van der Waals surface area contributed by atoms with Gasteiger partial charge >= 0.3 is 0 Å². The molecular formula is C40H58N10O7S. The van der Waals surface area contributed by atoms with E-state index in [0.717, 1.165) is 60.3 Å². The van der Waals surface area contributed by atoms with Crippen LogP contribution in [0.5, 0.6) is 0 Å². The van der Waals surface area contributed by atoms with Crippen LogP contribution in [0.2, 0.25) is 0 Å². The van der Waals surface area contributed by atoms with Gasteiger partial charge < -0.3 is 48.4 Å². The summed E-state index contributed by atoms with van der Waals surface area (Å²) in [5, 5.41) is 12.0. The summed E-state index contributed by atoms with van der Waals surface area (Å²) in [4.78, 5) is 105. The van der Waals surface area contributed by atoms with Crippen molar-refractivity contribution in [3.63, 3.8) is 0 Å². The Bertz CT molecular complexity index is 1840. The summed E-state index contributed by atoms with van der Waals surface area (Å²) in [6.07, 6.45) is 8.34. The van der Waals surface area contributed by atoms with Crippen molar-refractivity contribution >= 4 is 69.9 Å². The molecule has 6 amide bonds. The molecule has 0 radical (unpaired) electrons. The van der Waals surface area contributed by atoms with Crippen LogP contribution in [0.4, 0.5) is 0 Å². The molecule has 2 aromatic rings. The minimum absolute atomic E-state index is 0.0695. The zero-order valence-corrected chi connectivity index (χ0v) is 34.0. The average molecular weight is 823 g/mol. The lowest BCUT2D eigenvalue weighted by Gasteiger charge is -2.31. The molecule has 0 spiro atoms. The topological polar surface area (TPSA) is 277 Å². The van der Waals surface area contributed by atoms with Crippen molar-refractivity contribution in [1.82, 2.24) is 31.2 Å². The number of aromatic amines is 1. The molecule has 1 aromatic carbocycles. The fourth-order valence-electron chi connectivity index (χ4n) is 8.20. The maximum atomic E-state index is 14.6. The highest BCUT2D eigenvalue weighted by Gasteiger charge is 2.39. The molecule has 3 fully saturated rings. The van der Waals surface area contributed by atoms with E-state index in [1.54, 1.807) is 13.1 Å². The third-order valence-electron chi connectivity index (χ3n) is 11.3. The van der Waals surface area contributed by atoms with Crippen molar-refractivity contribution in [3.05, 3.63) is 36.0 Å². The quantitative estimate of drug-likeness (QED) is 0.0985. The molecule has 5 rings (SSSR count). The van der Waals surface area contributed by atoms with Crippen molar-refractivity contribution in [1.29, 1.82) is 0 Å². The SMILES string of the molecule is C[C@@H]1NC(=O)CSC[C@@H](C(N)=O)NC(=O)[C@H](CCCN=C(N)N)NC(=O)[C@H](Cc2c[nH]c3ccccc23)CC(=O)[C@@H](CC2CCCCC2)NC(=O)[C@@H]2CCCN2C1=O. The van der Waals surface area contributed by atoms with Crippen LogP contribution in [-0.4, -0.2) is 112 Å². The first-order valence-electron chi connectivity index (χ1n) is 20.3. The Morgan fingerprint density at radius 2 is 1.62 bits per heavy atom. The Labute approximate surface area is 342 Å². The maximum absolute atomic E-state index is 14.6. The number of fused-ring (bicyclic) bond motifs is 2. The highest BCUT2D eigenvalue weighted by Crippen LogP contribution is 2.30. The third-order valence-corrected chi connectivity index (χ3v) is 12.3. The van der Waals surface area contributed by atoms with Crippen LogP contribution in [0.3, 0.4) is 0 Å². The number of hydrogen-bond donors (Lipinski definition) is 8. The van der Waals surface area contributed by atoms with Crippen molar-refractivity contribution in [2.75, 3.05) is 24.6 Å². The summed E-state index contributed by atoms with van der Waals surface area (Å²) in [5.74, 6) is -4.96. The number of amides is 6. The minimum atomic E-state index is -1.21. The number of ketones is 1. The molecule has 3 heterocycles. The number of carbonyl (C=O) groups excluding carboxylic acids is 7. The second-order valence-electron chi connectivity index (χ2n) is 15.7. The van der Waals surface area contributed by atoms with Crippen LogP contribution in [0.25, 0.3) is 10.9 Å². The van der Waals surface area contributed by atoms with Crippen molar-refractivity contribution in [2.45, 2.75) is 114 Å². The predicted molar refractivity (Wildman–Crippen MR) is 221 cm³/mol. The molecule has 0 unspecified atom stereocenters. The Morgan fingerprint density at radius 3 is 2.36 bits per heavy atom. The van der Waals surface area contributed by atoms with E-state index < -0.39 is 71.6 Å². The molecule has 1 saturated carbocycles. The van der Waals surface area contributed by atoms with E-state index in [4.69, 9.17) is 17.2 Å². The molecule has 316 valence electrons. The van der Waals surface area contributed by atoms with Crippen LogP contribution in [-0.2, 0) is 40.0 Å². The molecule has 1 aromatic heterocycles. The van der Waals surface area contributed by atoms with Gasteiger partial charge in [-0.2, -0.15) is 0 Å². The number of hydrogen-bond acceptors (Lipinski definition) is 9. The smallest absolute Gasteiger partial charge is 0.245 e. The van der Waals surface area contributed by atoms with Crippen molar-refractivity contribution in [3.8, 4) is 0 Å². The monoisotopic (exact) mass is 822 g/mol. The van der Waals surface area contributed by atoms with Gasteiger partial charge in [-0.3, -0.25) is 38.6 Å². The highest BCUT2D eigenvalue weighted by molar-refractivity contribution is 8.00. The Kier molecular flexibility index (Phi) is 16.0. The number of H-pyrrole nitrogens is 1. The standard InChI is InChI=1S/C40H58N10O7S/c1-23-39(57)50-16-8-14-32(50)38(56)48-30(17-24-9-3-2-4-10-24)33(51)19-25(18-26-20-45-28-12-6-5-11-27(26)28)36(54)47-29(13-7-15-44-40(42)43)37(55)49-31(35(41)53)21-58-22-34(52)46-23/h5-6,11-12,20,23-25,29-32,45H,2-4,7-10,13-19,21-22H2,1H3,(H2,41,53)(H,46,52)(H,47,54)(H,48,56)(H,49,55)(H4,42,43,44)/t23-,25+,29-,30+,31-,32-/m0/s1. The predicted octanol–water partition coefficient (Wildman–Crippen LogP) is 0.492. The normalized spacial score (nSPS) is 26.5. The number of nitrogens with one attached hydrogen (secondary N) is 5. The number of Topliss-reactive ketones (excluding diaryl/α,β-unsaturated/α-hetero) is 1. The van der Waals surface area contributed by atoms with E-state index in [2.05, 4.69) is 31.2 Å². The van der Waals surface area contributed by atoms with E-state index in [1.165, 1.54) is 4.90 Å². The molecule has 2 saturated heterocycles. The van der Waals surface area contributed by atoms with Gasteiger partial charge in [0.15, 0.2) is 11.7 Å². The van der Waals surface area contributed by atoms with Gasteiger partial charge in [0, 0.05) is 48.3 Å².